The van der Waals surface area contributed by atoms with Crippen molar-refractivity contribution in [1.29, 1.82) is 5.26 Å². The zero-order valence-corrected chi connectivity index (χ0v) is 10.9. The van der Waals surface area contributed by atoms with Gasteiger partial charge in [0.2, 0.25) is 0 Å². The van der Waals surface area contributed by atoms with Crippen LogP contribution in [0.4, 0.5) is 8.78 Å². The lowest BCUT2D eigenvalue weighted by Crippen LogP contribution is -2.45. The molecule has 1 aliphatic rings. The molecule has 0 spiro atoms. The summed E-state index contributed by atoms with van der Waals surface area (Å²) in [5, 5.41) is 9.32. The van der Waals surface area contributed by atoms with Crippen molar-refractivity contribution in [2.24, 2.45) is 0 Å². The highest BCUT2D eigenvalue weighted by molar-refractivity contribution is 5.29. The number of hydrogen-bond donors (Lipinski definition) is 0. The molecule has 2 rings (SSSR count). The number of nitriles is 1. The largest absolute Gasteiger partial charge is 0.304 e. The molecule has 5 heteroatoms. The van der Waals surface area contributed by atoms with Crippen LogP contribution in [-0.4, -0.2) is 43.0 Å². The van der Waals surface area contributed by atoms with Crippen molar-refractivity contribution >= 4 is 0 Å². The summed E-state index contributed by atoms with van der Waals surface area (Å²) >= 11 is 0. The standard InChI is InChI=1S/C14H17F2N3/c1-18-6-8-19(9-7-18)13(10-17)11-2-4-12(5-3-11)14(15)16/h2-5,13-14H,6-9H2,1H3. The average molecular weight is 265 g/mol. The predicted molar refractivity (Wildman–Crippen MR) is 68.8 cm³/mol. The predicted octanol–water partition coefficient (Wildman–Crippen LogP) is 2.44. The van der Waals surface area contributed by atoms with Gasteiger partial charge in [0.05, 0.1) is 6.07 Å². The Bertz CT molecular complexity index is 445. The molecule has 1 unspecified atom stereocenters. The minimum Gasteiger partial charge on any atom is -0.304 e. The smallest absolute Gasteiger partial charge is 0.263 e. The van der Waals surface area contributed by atoms with Gasteiger partial charge in [-0.05, 0) is 12.6 Å². The number of piperazine rings is 1. The molecule has 1 fully saturated rings. The van der Waals surface area contributed by atoms with Gasteiger partial charge in [-0.2, -0.15) is 5.26 Å². The van der Waals surface area contributed by atoms with E-state index in [0.29, 0.717) is 0 Å². The van der Waals surface area contributed by atoms with Gasteiger partial charge in [-0.1, -0.05) is 24.3 Å². The van der Waals surface area contributed by atoms with Gasteiger partial charge >= 0.3 is 0 Å². The Morgan fingerprint density at radius 3 is 2.05 bits per heavy atom. The molecule has 19 heavy (non-hydrogen) atoms. The maximum atomic E-state index is 12.5. The summed E-state index contributed by atoms with van der Waals surface area (Å²) in [7, 11) is 2.05. The zero-order chi connectivity index (χ0) is 13.8. The summed E-state index contributed by atoms with van der Waals surface area (Å²) in [6, 6.07) is 8.00. The molecule has 1 saturated heterocycles. The van der Waals surface area contributed by atoms with Crippen LogP contribution in [0.25, 0.3) is 0 Å². The van der Waals surface area contributed by atoms with E-state index >= 15 is 0 Å². The molecule has 0 bridgehead atoms. The number of likely N-dealkylation sites (N-methyl/N-ethyl adjacent to an activating group) is 1. The van der Waals surface area contributed by atoms with Gasteiger partial charge in [0, 0.05) is 31.7 Å². The van der Waals surface area contributed by atoms with E-state index in [2.05, 4.69) is 22.9 Å². The first-order chi connectivity index (χ1) is 9.11. The average Bonchev–Trinajstić information content (AvgIpc) is 2.42. The van der Waals surface area contributed by atoms with Crippen LogP contribution < -0.4 is 0 Å². The molecule has 1 atom stereocenters. The number of rotatable bonds is 3. The lowest BCUT2D eigenvalue weighted by atomic mass is 10.0. The summed E-state index contributed by atoms with van der Waals surface area (Å²) in [6.45, 7) is 3.50. The van der Waals surface area contributed by atoms with Crippen molar-refractivity contribution < 1.29 is 8.78 Å². The monoisotopic (exact) mass is 265 g/mol. The molecule has 0 saturated carbocycles. The molecule has 0 aromatic heterocycles. The van der Waals surface area contributed by atoms with Crippen molar-refractivity contribution in [3.63, 3.8) is 0 Å². The minimum atomic E-state index is -2.46. The number of hydrogen-bond acceptors (Lipinski definition) is 3. The second-order valence-corrected chi connectivity index (χ2v) is 4.84. The second kappa shape index (κ2) is 6.09. The van der Waals surface area contributed by atoms with E-state index < -0.39 is 6.43 Å². The van der Waals surface area contributed by atoms with E-state index in [-0.39, 0.29) is 11.6 Å². The highest BCUT2D eigenvalue weighted by Gasteiger charge is 2.23. The molecule has 1 aromatic rings. The van der Waals surface area contributed by atoms with Gasteiger partial charge in [0.15, 0.2) is 0 Å². The summed E-state index contributed by atoms with van der Waals surface area (Å²) in [4.78, 5) is 4.31. The Balaban J connectivity index is 2.11. The zero-order valence-electron chi connectivity index (χ0n) is 10.9. The maximum Gasteiger partial charge on any atom is 0.263 e. The highest BCUT2D eigenvalue weighted by Crippen LogP contribution is 2.24. The van der Waals surface area contributed by atoms with Crippen LogP contribution in [0, 0.1) is 11.3 Å². The number of alkyl halides is 2. The third kappa shape index (κ3) is 3.28. The fraction of sp³-hybridized carbons (Fsp3) is 0.500. The minimum absolute atomic E-state index is 0.00110. The fourth-order valence-corrected chi connectivity index (χ4v) is 2.27. The molecular weight excluding hydrogens is 248 g/mol. The Labute approximate surface area is 112 Å². The van der Waals surface area contributed by atoms with E-state index in [1.54, 1.807) is 12.1 Å². The van der Waals surface area contributed by atoms with E-state index in [9.17, 15) is 14.0 Å². The van der Waals surface area contributed by atoms with E-state index in [1.807, 2.05) is 0 Å². The van der Waals surface area contributed by atoms with E-state index in [0.717, 1.165) is 31.7 Å². The Hall–Kier alpha value is -1.51. The normalized spacial score (nSPS) is 19.3. The van der Waals surface area contributed by atoms with Gasteiger partial charge in [0.25, 0.3) is 6.43 Å². The lowest BCUT2D eigenvalue weighted by Gasteiger charge is -2.35. The first-order valence-corrected chi connectivity index (χ1v) is 6.32. The van der Waals surface area contributed by atoms with Crippen LogP contribution in [-0.2, 0) is 0 Å². The Morgan fingerprint density at radius 1 is 1.05 bits per heavy atom. The van der Waals surface area contributed by atoms with Crippen LogP contribution in [0.1, 0.15) is 23.6 Å². The molecule has 102 valence electrons. The summed E-state index contributed by atoms with van der Waals surface area (Å²) in [5.41, 5.74) is 0.787. The molecule has 0 radical (unpaired) electrons. The van der Waals surface area contributed by atoms with Crippen LogP contribution >= 0.6 is 0 Å². The highest BCUT2D eigenvalue weighted by atomic mass is 19.3. The molecule has 1 heterocycles. The van der Waals surface area contributed by atoms with Crippen molar-refractivity contribution in [3.8, 4) is 6.07 Å². The molecule has 1 aromatic carbocycles. The molecule has 0 amide bonds. The number of halogens is 2. The molecule has 0 aliphatic carbocycles. The number of benzene rings is 1. The second-order valence-electron chi connectivity index (χ2n) is 4.84. The summed E-state index contributed by atoms with van der Waals surface area (Å²) in [5.74, 6) is 0. The Morgan fingerprint density at radius 2 is 1.58 bits per heavy atom. The van der Waals surface area contributed by atoms with Gasteiger partial charge in [0.1, 0.15) is 6.04 Å². The van der Waals surface area contributed by atoms with Gasteiger partial charge in [-0.15, -0.1) is 0 Å². The third-order valence-electron chi connectivity index (χ3n) is 3.53. The van der Waals surface area contributed by atoms with Crippen LogP contribution in [0.3, 0.4) is 0 Å². The van der Waals surface area contributed by atoms with Crippen LogP contribution in [0.15, 0.2) is 24.3 Å². The fourth-order valence-electron chi connectivity index (χ4n) is 2.27. The topological polar surface area (TPSA) is 30.3 Å². The van der Waals surface area contributed by atoms with E-state index in [1.165, 1.54) is 12.1 Å². The molecule has 0 N–H and O–H groups in total. The number of nitrogens with zero attached hydrogens (tertiary/aromatic N) is 3. The molecule has 1 aliphatic heterocycles. The molecular formula is C14H17F2N3. The van der Waals surface area contributed by atoms with Crippen molar-refractivity contribution in [2.45, 2.75) is 12.5 Å². The third-order valence-corrected chi connectivity index (χ3v) is 3.53. The van der Waals surface area contributed by atoms with E-state index in [4.69, 9.17) is 0 Å². The van der Waals surface area contributed by atoms with Gasteiger partial charge in [-0.3, -0.25) is 4.90 Å². The van der Waals surface area contributed by atoms with Crippen molar-refractivity contribution in [1.82, 2.24) is 9.80 Å². The van der Waals surface area contributed by atoms with Crippen molar-refractivity contribution in [2.75, 3.05) is 33.2 Å². The quantitative estimate of drug-likeness (QED) is 0.841. The van der Waals surface area contributed by atoms with Crippen LogP contribution in [0.5, 0.6) is 0 Å². The Kier molecular flexibility index (Phi) is 4.46. The summed E-state index contributed by atoms with van der Waals surface area (Å²) in [6.07, 6.45) is -2.46. The van der Waals surface area contributed by atoms with Gasteiger partial charge in [-0.25, -0.2) is 8.78 Å². The SMILES string of the molecule is CN1CCN(C(C#N)c2ccc(C(F)F)cc2)CC1. The van der Waals surface area contributed by atoms with Crippen molar-refractivity contribution in [3.05, 3.63) is 35.4 Å². The first kappa shape index (κ1) is 13.9. The lowest BCUT2D eigenvalue weighted by molar-refractivity contribution is 0.132. The van der Waals surface area contributed by atoms with Crippen LogP contribution in [0.2, 0.25) is 0 Å². The maximum absolute atomic E-state index is 12.5. The van der Waals surface area contributed by atoms with Gasteiger partial charge < -0.3 is 4.90 Å². The molecule has 3 nitrogen and oxygen atoms in total. The first-order valence-electron chi connectivity index (χ1n) is 6.32. The summed E-state index contributed by atoms with van der Waals surface area (Å²) < 4.78 is 25.0.